The molecule has 0 bridgehead atoms. The third-order valence-electron chi connectivity index (χ3n) is 12.4. The van der Waals surface area contributed by atoms with Crippen LogP contribution in [0, 0.1) is 0 Å². The second-order valence-electron chi connectivity index (χ2n) is 20.8. The average Bonchev–Trinajstić information content (AvgIpc) is 3.92. The summed E-state index contributed by atoms with van der Waals surface area (Å²) in [5.74, 6) is 1.84. The third kappa shape index (κ3) is 7.62. The number of rotatable bonds is 7. The van der Waals surface area contributed by atoms with Crippen molar-refractivity contribution in [1.29, 1.82) is 0 Å². The lowest BCUT2D eigenvalue weighted by molar-refractivity contribution is 0.173. The lowest BCUT2D eigenvalue weighted by Crippen LogP contribution is -2.30. The van der Waals surface area contributed by atoms with Crippen molar-refractivity contribution in [3.63, 3.8) is 0 Å². The van der Waals surface area contributed by atoms with Crippen LogP contribution in [0.15, 0.2) is 121 Å². The van der Waals surface area contributed by atoms with Crippen LogP contribution in [0.3, 0.4) is 0 Å². The number of ether oxygens (including phenoxy) is 4. The highest BCUT2D eigenvalue weighted by molar-refractivity contribution is 7.86. The summed E-state index contributed by atoms with van der Waals surface area (Å²) in [6.07, 6.45) is 0. The molecule has 0 aromatic heterocycles. The minimum atomic E-state index is -3.77. The van der Waals surface area contributed by atoms with E-state index in [2.05, 4.69) is 132 Å². The average molecular weight is 867 g/mol. The van der Waals surface area contributed by atoms with Crippen LogP contribution >= 0.6 is 14.3 Å². The maximum atomic E-state index is 17.0. The van der Waals surface area contributed by atoms with Crippen molar-refractivity contribution in [2.45, 2.75) is 105 Å². The van der Waals surface area contributed by atoms with Gasteiger partial charge in [-0.05, 0) is 68.2 Å². The molecule has 0 unspecified atom stereocenters. The number of hydrogen-bond acceptors (Lipinski definition) is 6. The molecule has 0 atom stereocenters. The van der Waals surface area contributed by atoms with Crippen molar-refractivity contribution < 1.29 is 28.1 Å². The molecule has 0 N–H and O–H groups in total. The van der Waals surface area contributed by atoms with E-state index >= 15 is 9.13 Å². The van der Waals surface area contributed by atoms with Gasteiger partial charge in [0, 0.05) is 43.0 Å². The predicted octanol–water partition coefficient (Wildman–Crippen LogP) is 11.3. The Morgan fingerprint density at radius 1 is 0.339 bits per heavy atom. The fourth-order valence-corrected chi connectivity index (χ4v) is 14.1. The van der Waals surface area contributed by atoms with Gasteiger partial charge in [-0.15, -0.1) is 0 Å². The molecule has 8 rings (SSSR count). The third-order valence-corrected chi connectivity index (χ3v) is 18.6. The Hall–Kier alpha value is -5.02. The van der Waals surface area contributed by atoms with Gasteiger partial charge in [0.05, 0.1) is 0 Å². The lowest BCUT2D eigenvalue weighted by Gasteiger charge is -2.29. The minimum absolute atomic E-state index is 0.0292. The van der Waals surface area contributed by atoms with E-state index < -0.39 is 14.3 Å². The molecule has 0 radical (unpaired) electrons. The maximum absolute atomic E-state index is 17.0. The molecule has 322 valence electrons. The summed E-state index contributed by atoms with van der Waals surface area (Å²) in [5, 5.41) is 3.71. The van der Waals surface area contributed by atoms with Crippen LogP contribution < -0.4 is 50.8 Å². The molecule has 6 nitrogen and oxygen atoms in total. The molecule has 0 saturated carbocycles. The van der Waals surface area contributed by atoms with Crippen LogP contribution in [-0.4, -0.2) is 13.6 Å². The monoisotopic (exact) mass is 866 g/mol. The molecule has 2 aliphatic rings. The SMILES string of the molecule is CC(C)(C)c1ccc(P(=O)(c2ccc(C(C)(C)C)cc2)c2ccc3c(c2-c2c(P(=O)(c4ccc(C(C)(C)C)cc4)c4ccc(C(C)(C)C)cc4)ccc4c2OCO4)OCO3)cc1. The van der Waals surface area contributed by atoms with Crippen molar-refractivity contribution in [2.24, 2.45) is 0 Å². The summed E-state index contributed by atoms with van der Waals surface area (Å²) < 4.78 is 59.0. The van der Waals surface area contributed by atoms with E-state index in [1.807, 2.05) is 72.8 Å². The molecular weight excluding hydrogens is 807 g/mol. The Morgan fingerprint density at radius 2 is 0.581 bits per heavy atom. The van der Waals surface area contributed by atoms with E-state index in [4.69, 9.17) is 18.9 Å². The smallest absolute Gasteiger partial charge is 0.231 e. The fraction of sp³-hybridized carbons (Fsp3) is 0.333. The van der Waals surface area contributed by atoms with Crippen LogP contribution in [0.25, 0.3) is 11.1 Å². The number of hydrogen-bond donors (Lipinski definition) is 0. The highest BCUT2D eigenvalue weighted by Gasteiger charge is 2.43. The van der Waals surface area contributed by atoms with Gasteiger partial charge in [-0.1, -0.05) is 180 Å². The predicted molar refractivity (Wildman–Crippen MR) is 258 cm³/mol. The quantitative estimate of drug-likeness (QED) is 0.149. The zero-order valence-corrected chi connectivity index (χ0v) is 40.1. The molecular formula is C54H60O6P2. The van der Waals surface area contributed by atoms with Crippen molar-refractivity contribution in [2.75, 3.05) is 13.6 Å². The zero-order valence-electron chi connectivity index (χ0n) is 38.3. The van der Waals surface area contributed by atoms with Gasteiger partial charge in [0.1, 0.15) is 0 Å². The molecule has 0 saturated heterocycles. The molecule has 0 spiro atoms. The van der Waals surface area contributed by atoms with Gasteiger partial charge >= 0.3 is 0 Å². The van der Waals surface area contributed by atoms with E-state index in [9.17, 15) is 0 Å². The zero-order chi connectivity index (χ0) is 44.6. The molecule has 0 aliphatic carbocycles. The summed E-state index contributed by atoms with van der Waals surface area (Å²) in [5.41, 5.74) is 5.08. The summed E-state index contributed by atoms with van der Waals surface area (Å²) in [7, 11) is -7.54. The highest BCUT2D eigenvalue weighted by atomic mass is 31.2. The van der Waals surface area contributed by atoms with Gasteiger partial charge in [-0.25, -0.2) is 0 Å². The maximum Gasteiger partial charge on any atom is 0.231 e. The van der Waals surface area contributed by atoms with Crippen LogP contribution in [0.5, 0.6) is 23.0 Å². The second-order valence-corrected chi connectivity index (χ2v) is 26.3. The van der Waals surface area contributed by atoms with Gasteiger partial charge in [0.2, 0.25) is 13.6 Å². The Bertz CT molecular complexity index is 2420. The topological polar surface area (TPSA) is 71.1 Å². The van der Waals surface area contributed by atoms with Crippen LogP contribution in [-0.2, 0) is 30.8 Å². The lowest BCUT2D eigenvalue weighted by atomic mass is 9.87. The molecule has 2 heterocycles. The Kier molecular flexibility index (Phi) is 10.8. The first kappa shape index (κ1) is 43.6. The number of benzene rings is 6. The van der Waals surface area contributed by atoms with E-state index in [0.717, 1.165) is 22.3 Å². The van der Waals surface area contributed by atoms with E-state index in [-0.39, 0.29) is 35.2 Å². The Labute approximate surface area is 368 Å². The van der Waals surface area contributed by atoms with Gasteiger partial charge < -0.3 is 28.1 Å². The van der Waals surface area contributed by atoms with Crippen molar-refractivity contribution in [3.8, 4) is 34.1 Å². The van der Waals surface area contributed by atoms with Gasteiger partial charge in [0.15, 0.2) is 37.3 Å². The van der Waals surface area contributed by atoms with Crippen LogP contribution in [0.1, 0.15) is 105 Å². The fourth-order valence-electron chi connectivity index (χ4n) is 8.47. The van der Waals surface area contributed by atoms with Gasteiger partial charge in [-0.2, -0.15) is 0 Å². The molecule has 2 aliphatic heterocycles. The number of fused-ring (bicyclic) bond motifs is 2. The van der Waals surface area contributed by atoms with Crippen molar-refractivity contribution >= 4 is 46.1 Å². The highest BCUT2D eigenvalue weighted by Crippen LogP contribution is 2.57. The van der Waals surface area contributed by atoms with E-state index in [1.54, 1.807) is 0 Å². The Morgan fingerprint density at radius 3 is 0.806 bits per heavy atom. The Balaban J connectivity index is 1.48. The van der Waals surface area contributed by atoms with Gasteiger partial charge in [-0.3, -0.25) is 0 Å². The largest absolute Gasteiger partial charge is 0.454 e. The van der Waals surface area contributed by atoms with Crippen LogP contribution in [0.2, 0.25) is 0 Å². The molecule has 8 heteroatoms. The van der Waals surface area contributed by atoms with Crippen molar-refractivity contribution in [3.05, 3.63) is 144 Å². The summed E-state index contributed by atoms with van der Waals surface area (Å²) >= 11 is 0. The first-order valence-corrected chi connectivity index (χ1v) is 24.9. The van der Waals surface area contributed by atoms with E-state index in [0.29, 0.717) is 66.0 Å². The van der Waals surface area contributed by atoms with Crippen molar-refractivity contribution in [1.82, 2.24) is 0 Å². The summed E-state index contributed by atoms with van der Waals surface area (Å²) in [6, 6.07) is 40.2. The molecule has 6 aromatic carbocycles. The van der Waals surface area contributed by atoms with Gasteiger partial charge in [0.25, 0.3) is 0 Å². The normalized spacial score (nSPS) is 14.3. The summed E-state index contributed by atoms with van der Waals surface area (Å²) in [4.78, 5) is 0. The minimum Gasteiger partial charge on any atom is -0.454 e. The second kappa shape index (κ2) is 15.4. The first-order valence-electron chi connectivity index (χ1n) is 21.5. The first-order chi connectivity index (χ1) is 29.0. The molecule has 6 aromatic rings. The summed E-state index contributed by atoms with van der Waals surface area (Å²) in [6.45, 7) is 26.0. The standard InChI is InChI=1S/C54H60O6P2/c1-51(2,3)35-13-21-39(22-14-35)61(55,40-23-15-36(16-24-40)52(4,5)6)45-31-29-43-49(59-33-57-43)47(45)48-46(32-30-44-50(48)60-34-58-44)62(56,41-25-17-37(18-26-41)53(7,8)9)42-27-19-38(20-28-42)54(10,11)12/h13-32H,33-34H2,1-12H3. The van der Waals surface area contributed by atoms with E-state index in [1.165, 1.54) is 0 Å². The molecule has 62 heavy (non-hydrogen) atoms. The molecule has 0 amide bonds. The van der Waals surface area contributed by atoms with Crippen LogP contribution in [0.4, 0.5) is 0 Å². The molecule has 0 fully saturated rings.